The van der Waals surface area contributed by atoms with E-state index in [1.807, 2.05) is 30.3 Å². The quantitative estimate of drug-likeness (QED) is 0.140. The summed E-state index contributed by atoms with van der Waals surface area (Å²) in [5, 5.41) is 0. The number of fused-ring (bicyclic) bond motifs is 1. The lowest BCUT2D eigenvalue weighted by Crippen LogP contribution is -2.51. The molecule has 2 aromatic rings. The molecular formula is C38H53N3O8. The van der Waals surface area contributed by atoms with Crippen molar-refractivity contribution < 1.29 is 38.1 Å². The highest BCUT2D eigenvalue weighted by molar-refractivity contribution is 6.02. The monoisotopic (exact) mass is 679 g/mol. The van der Waals surface area contributed by atoms with Gasteiger partial charge in [-0.3, -0.25) is 25.0 Å². The molecule has 3 atom stereocenters. The number of ether oxygens (including phenoxy) is 4. The lowest BCUT2D eigenvalue weighted by Gasteiger charge is -2.31. The zero-order valence-electron chi connectivity index (χ0n) is 29.4. The fourth-order valence-electron chi connectivity index (χ4n) is 6.56. The molecule has 0 saturated carbocycles. The summed E-state index contributed by atoms with van der Waals surface area (Å²) < 4.78 is 22.5. The maximum atomic E-state index is 14.2. The van der Waals surface area contributed by atoms with E-state index < -0.39 is 41.5 Å². The van der Waals surface area contributed by atoms with Crippen molar-refractivity contribution >= 4 is 29.6 Å². The Labute approximate surface area is 290 Å². The molecule has 2 heterocycles. The Morgan fingerprint density at radius 3 is 2.31 bits per heavy atom. The Balaban J connectivity index is 1.28. The molecule has 11 nitrogen and oxygen atoms in total. The van der Waals surface area contributed by atoms with Gasteiger partial charge in [0.1, 0.15) is 30.4 Å². The zero-order valence-corrected chi connectivity index (χ0v) is 29.4. The maximum absolute atomic E-state index is 14.2. The molecule has 2 aliphatic rings. The molecule has 268 valence electrons. The van der Waals surface area contributed by atoms with E-state index in [4.69, 9.17) is 24.7 Å². The number of hydrogen-bond donors (Lipinski definition) is 1. The van der Waals surface area contributed by atoms with Crippen LogP contribution in [-0.4, -0.2) is 66.9 Å². The highest BCUT2D eigenvalue weighted by Crippen LogP contribution is 2.37. The number of hydrogen-bond acceptors (Lipinski definition) is 9. The number of unbranched alkanes of at least 4 members (excludes halogenated alkanes) is 3. The molecule has 2 amide bonds. The van der Waals surface area contributed by atoms with E-state index in [1.54, 1.807) is 56.9 Å². The van der Waals surface area contributed by atoms with Gasteiger partial charge in [0.2, 0.25) is 5.91 Å². The number of nitrogens with zero attached hydrogens (tertiary/aromatic N) is 2. The van der Waals surface area contributed by atoms with Gasteiger partial charge in [0.05, 0.1) is 18.2 Å². The third-order valence-corrected chi connectivity index (χ3v) is 9.01. The molecule has 49 heavy (non-hydrogen) atoms. The molecule has 11 heteroatoms. The highest BCUT2D eigenvalue weighted by Gasteiger charge is 2.45. The van der Waals surface area contributed by atoms with E-state index >= 15 is 0 Å². The summed E-state index contributed by atoms with van der Waals surface area (Å²) in [6.07, 6.45) is 5.59. The number of nitrogens with two attached hydrogens (primary N) is 1. The molecule has 0 aliphatic carbocycles. The Morgan fingerprint density at radius 2 is 1.61 bits per heavy atom. The number of rotatable bonds is 14. The molecular weight excluding hydrogens is 626 g/mol. The third kappa shape index (κ3) is 11.2. The average Bonchev–Trinajstić information content (AvgIpc) is 3.16. The Bertz CT molecular complexity index is 1390. The van der Waals surface area contributed by atoms with Crippen LogP contribution in [0.4, 0.5) is 10.5 Å². The summed E-state index contributed by atoms with van der Waals surface area (Å²) in [5.74, 6) is -2.55. The van der Waals surface area contributed by atoms with Gasteiger partial charge >= 0.3 is 18.0 Å². The van der Waals surface area contributed by atoms with Gasteiger partial charge in [-0.1, -0.05) is 74.6 Å². The van der Waals surface area contributed by atoms with Crippen LogP contribution in [0.3, 0.4) is 0 Å². The minimum absolute atomic E-state index is 0.164. The van der Waals surface area contributed by atoms with E-state index in [2.05, 4.69) is 0 Å². The smallest absolute Gasteiger partial charge is 0.410 e. The van der Waals surface area contributed by atoms with Crippen LogP contribution in [0, 0.1) is 17.8 Å². The minimum atomic E-state index is -1.12. The summed E-state index contributed by atoms with van der Waals surface area (Å²) in [6, 6.07) is 16.6. The topological polar surface area (TPSA) is 138 Å². The van der Waals surface area contributed by atoms with Crippen molar-refractivity contribution in [3.63, 3.8) is 0 Å². The summed E-state index contributed by atoms with van der Waals surface area (Å²) in [4.78, 5) is 56.0. The van der Waals surface area contributed by atoms with Crippen LogP contribution >= 0.6 is 0 Å². The predicted octanol–water partition coefficient (Wildman–Crippen LogP) is 6.22. The lowest BCUT2D eigenvalue weighted by molar-refractivity contribution is -0.155. The number of amides is 2. The van der Waals surface area contributed by atoms with Crippen molar-refractivity contribution in [2.75, 3.05) is 31.1 Å². The van der Waals surface area contributed by atoms with E-state index in [0.29, 0.717) is 43.3 Å². The van der Waals surface area contributed by atoms with Crippen molar-refractivity contribution in [3.8, 4) is 5.75 Å². The Morgan fingerprint density at radius 1 is 0.939 bits per heavy atom. The molecule has 0 spiro atoms. The summed E-state index contributed by atoms with van der Waals surface area (Å²) in [6.45, 7) is 8.51. The second kappa shape index (κ2) is 18.0. The first-order chi connectivity index (χ1) is 23.5. The van der Waals surface area contributed by atoms with Crippen molar-refractivity contribution in [2.24, 2.45) is 23.5 Å². The number of anilines is 1. The van der Waals surface area contributed by atoms with Crippen LogP contribution in [0.2, 0.25) is 0 Å². The van der Waals surface area contributed by atoms with Gasteiger partial charge in [0.15, 0.2) is 6.23 Å². The number of likely N-dealkylation sites (tertiary alicyclic amines) is 1. The Kier molecular flexibility index (Phi) is 13.9. The standard InChI is InChI=1S/C38H53N3O8/c1-5-46-36(44)29(33-34(39)48-31-20-14-13-19-30(31)41(35(33)43)25-32(42)49-38(2,3)4)18-12-7-6-9-15-27-21-23-40(24-22-27)37(45)47-26-28-16-10-8-11-17-28/h8,10-11,13-14,16-17,19-20,27,29,33-34H,5-7,9,12,15,18,21-26,39H2,1-4H3/t29-,33-,34?/m0/s1. The number of piperidine rings is 1. The molecule has 1 unspecified atom stereocenters. The lowest BCUT2D eigenvalue weighted by atomic mass is 9.84. The SMILES string of the molecule is CCOC(=O)[C@@H](CCCCCCC1CCN(C(=O)OCc2ccccc2)CC1)[C@@H]1C(=O)N(CC(=O)OC(C)(C)C)c2ccccc2OC1N. The number of para-hydroxylation sites is 2. The number of carbonyl (C=O) groups is 4. The molecule has 0 radical (unpaired) electrons. The van der Waals surface area contributed by atoms with Gasteiger partial charge in [-0.05, 0) is 70.6 Å². The molecule has 2 N–H and O–H groups in total. The van der Waals surface area contributed by atoms with Crippen LogP contribution in [0.25, 0.3) is 0 Å². The minimum Gasteiger partial charge on any atom is -0.473 e. The third-order valence-electron chi connectivity index (χ3n) is 9.01. The van der Waals surface area contributed by atoms with Crippen molar-refractivity contribution in [1.29, 1.82) is 0 Å². The van der Waals surface area contributed by atoms with Crippen molar-refractivity contribution in [3.05, 3.63) is 60.2 Å². The second-order valence-electron chi connectivity index (χ2n) is 13.9. The summed E-state index contributed by atoms with van der Waals surface area (Å²) >= 11 is 0. The largest absolute Gasteiger partial charge is 0.473 e. The molecule has 1 saturated heterocycles. The first-order valence-electron chi connectivity index (χ1n) is 17.6. The average molecular weight is 680 g/mol. The predicted molar refractivity (Wildman–Crippen MR) is 185 cm³/mol. The maximum Gasteiger partial charge on any atom is 0.410 e. The van der Waals surface area contributed by atoms with Crippen LogP contribution in [0.5, 0.6) is 5.75 Å². The number of benzene rings is 2. The molecule has 2 aromatic carbocycles. The van der Waals surface area contributed by atoms with Crippen LogP contribution in [-0.2, 0) is 35.2 Å². The first-order valence-corrected chi connectivity index (χ1v) is 17.6. The van der Waals surface area contributed by atoms with Gasteiger partial charge in [-0.15, -0.1) is 0 Å². The molecule has 2 aliphatic heterocycles. The fraction of sp³-hybridized carbons (Fsp3) is 0.579. The second-order valence-corrected chi connectivity index (χ2v) is 13.9. The summed E-state index contributed by atoms with van der Waals surface area (Å²) in [7, 11) is 0. The molecule has 0 bridgehead atoms. The fourth-order valence-corrected chi connectivity index (χ4v) is 6.56. The van der Waals surface area contributed by atoms with E-state index in [-0.39, 0.29) is 25.9 Å². The van der Waals surface area contributed by atoms with E-state index in [9.17, 15) is 19.2 Å². The van der Waals surface area contributed by atoms with Crippen LogP contribution in [0.15, 0.2) is 54.6 Å². The van der Waals surface area contributed by atoms with E-state index in [1.165, 1.54) is 4.90 Å². The van der Waals surface area contributed by atoms with Crippen LogP contribution in [0.1, 0.15) is 84.6 Å². The summed E-state index contributed by atoms with van der Waals surface area (Å²) in [5.41, 5.74) is 7.13. The van der Waals surface area contributed by atoms with Crippen molar-refractivity contribution in [1.82, 2.24) is 4.90 Å². The highest BCUT2D eigenvalue weighted by atomic mass is 16.6. The Hall–Kier alpha value is -4.12. The van der Waals surface area contributed by atoms with Gasteiger partial charge in [-0.2, -0.15) is 0 Å². The van der Waals surface area contributed by atoms with Gasteiger partial charge in [0, 0.05) is 13.1 Å². The molecule has 4 rings (SSSR count). The zero-order chi connectivity index (χ0) is 35.4. The molecule has 1 fully saturated rings. The number of carbonyl (C=O) groups excluding carboxylic acids is 4. The van der Waals surface area contributed by atoms with Gasteiger partial charge < -0.3 is 23.8 Å². The van der Waals surface area contributed by atoms with Crippen LogP contribution < -0.4 is 15.4 Å². The normalized spacial score (nSPS) is 18.9. The van der Waals surface area contributed by atoms with Gasteiger partial charge in [-0.25, -0.2) is 4.79 Å². The van der Waals surface area contributed by atoms with Gasteiger partial charge in [0.25, 0.3) is 0 Å². The van der Waals surface area contributed by atoms with E-state index in [0.717, 1.165) is 44.1 Å². The van der Waals surface area contributed by atoms with Crippen molar-refractivity contribution in [2.45, 2.75) is 97.5 Å². The molecule has 0 aromatic heterocycles. The first kappa shape index (κ1) is 37.7. The number of esters is 2.